The fourth-order valence-electron chi connectivity index (χ4n) is 3.37. The molecule has 1 atom stereocenters. The largest absolute Gasteiger partial charge is 0.396 e. The topological polar surface area (TPSA) is 77.5 Å². The van der Waals surface area contributed by atoms with Crippen molar-refractivity contribution in [3.8, 4) is 12.1 Å². The van der Waals surface area contributed by atoms with Crippen LogP contribution in [0.15, 0.2) is 11.4 Å². The molecule has 0 bridgehead atoms. The third-order valence-electron chi connectivity index (χ3n) is 4.62. The molecule has 6 nitrogen and oxygen atoms in total. The molecule has 6 heteroatoms. The zero-order chi connectivity index (χ0) is 15.9. The lowest BCUT2D eigenvalue weighted by atomic mass is 10.2. The molecule has 1 unspecified atom stereocenters. The second kappa shape index (κ2) is 8.03. The van der Waals surface area contributed by atoms with Gasteiger partial charge < -0.3 is 14.9 Å². The first-order valence-electron chi connectivity index (χ1n) is 8.10. The van der Waals surface area contributed by atoms with E-state index in [0.29, 0.717) is 19.0 Å². The van der Waals surface area contributed by atoms with Gasteiger partial charge in [0.25, 0.3) is 0 Å². The summed E-state index contributed by atoms with van der Waals surface area (Å²) in [6.07, 6.45) is 3.17. The maximum atomic E-state index is 9.23. The highest BCUT2D eigenvalue weighted by molar-refractivity contribution is 5.40. The third-order valence-corrected chi connectivity index (χ3v) is 4.62. The molecule has 2 aliphatic rings. The summed E-state index contributed by atoms with van der Waals surface area (Å²) in [5.74, 6) is 0.755. The zero-order valence-electron chi connectivity index (χ0n) is 13.3. The van der Waals surface area contributed by atoms with Crippen molar-refractivity contribution in [3.05, 3.63) is 11.4 Å². The van der Waals surface area contributed by atoms with Crippen LogP contribution in [0.5, 0.6) is 0 Å². The number of likely N-dealkylation sites (tertiary alicyclic amines) is 1. The van der Waals surface area contributed by atoms with Crippen molar-refractivity contribution >= 4 is 0 Å². The van der Waals surface area contributed by atoms with E-state index < -0.39 is 0 Å². The summed E-state index contributed by atoms with van der Waals surface area (Å²) in [4.78, 5) is 6.70. The SMILES string of the molecule is CC1CCCN1CCN1CCN(CCCO)C1=C(C#N)C#N. The first-order valence-corrected chi connectivity index (χ1v) is 8.10. The van der Waals surface area contributed by atoms with Gasteiger partial charge in [0, 0.05) is 45.4 Å². The van der Waals surface area contributed by atoms with Crippen molar-refractivity contribution < 1.29 is 5.11 Å². The molecule has 0 aromatic rings. The Kier molecular flexibility index (Phi) is 6.06. The summed E-state index contributed by atoms with van der Waals surface area (Å²) < 4.78 is 0. The predicted molar refractivity (Wildman–Crippen MR) is 83.4 cm³/mol. The van der Waals surface area contributed by atoms with Gasteiger partial charge in [-0.3, -0.25) is 4.90 Å². The van der Waals surface area contributed by atoms with E-state index in [1.54, 1.807) is 0 Å². The monoisotopic (exact) mass is 303 g/mol. The molecular weight excluding hydrogens is 278 g/mol. The Balaban J connectivity index is 2.04. The third kappa shape index (κ3) is 3.71. The van der Waals surface area contributed by atoms with Crippen molar-refractivity contribution in [2.24, 2.45) is 0 Å². The molecule has 2 rings (SSSR count). The Hall–Kier alpha value is -1.76. The molecule has 120 valence electrons. The van der Waals surface area contributed by atoms with Crippen LogP contribution in [0.2, 0.25) is 0 Å². The Morgan fingerprint density at radius 2 is 1.82 bits per heavy atom. The highest BCUT2D eigenvalue weighted by Crippen LogP contribution is 2.23. The molecule has 0 saturated carbocycles. The van der Waals surface area contributed by atoms with E-state index in [-0.39, 0.29) is 12.2 Å². The second-order valence-electron chi connectivity index (χ2n) is 6.00. The van der Waals surface area contributed by atoms with Crippen LogP contribution in [0.25, 0.3) is 0 Å². The van der Waals surface area contributed by atoms with E-state index in [4.69, 9.17) is 5.11 Å². The molecule has 0 radical (unpaired) electrons. The minimum absolute atomic E-state index is 0.128. The Morgan fingerprint density at radius 3 is 2.36 bits per heavy atom. The quantitative estimate of drug-likeness (QED) is 0.729. The number of hydrogen-bond acceptors (Lipinski definition) is 6. The maximum Gasteiger partial charge on any atom is 0.169 e. The smallest absolute Gasteiger partial charge is 0.169 e. The van der Waals surface area contributed by atoms with Crippen molar-refractivity contribution in [3.63, 3.8) is 0 Å². The van der Waals surface area contributed by atoms with Crippen molar-refractivity contribution in [2.75, 3.05) is 45.9 Å². The van der Waals surface area contributed by atoms with Gasteiger partial charge in [0.05, 0.1) is 0 Å². The highest BCUT2D eigenvalue weighted by atomic mass is 16.3. The summed E-state index contributed by atoms with van der Waals surface area (Å²) in [5.41, 5.74) is 0.185. The zero-order valence-corrected chi connectivity index (χ0v) is 13.3. The van der Waals surface area contributed by atoms with Gasteiger partial charge >= 0.3 is 0 Å². The number of rotatable bonds is 6. The molecule has 2 saturated heterocycles. The van der Waals surface area contributed by atoms with E-state index >= 15 is 0 Å². The van der Waals surface area contributed by atoms with E-state index in [2.05, 4.69) is 21.6 Å². The normalized spacial score (nSPS) is 22.0. The lowest BCUT2D eigenvalue weighted by Gasteiger charge is -2.28. The Labute approximate surface area is 132 Å². The molecule has 0 amide bonds. The van der Waals surface area contributed by atoms with Crippen LogP contribution >= 0.6 is 0 Å². The number of nitrogens with zero attached hydrogens (tertiary/aromatic N) is 5. The van der Waals surface area contributed by atoms with Gasteiger partial charge in [-0.05, 0) is 32.7 Å². The molecule has 0 spiro atoms. The number of hydrogen-bond donors (Lipinski definition) is 1. The summed E-state index contributed by atoms with van der Waals surface area (Å²) in [7, 11) is 0. The van der Waals surface area contributed by atoms with E-state index in [0.717, 1.165) is 38.5 Å². The van der Waals surface area contributed by atoms with Crippen LogP contribution in [0, 0.1) is 22.7 Å². The molecule has 2 aliphatic heterocycles. The summed E-state index contributed by atoms with van der Waals surface area (Å²) in [6, 6.07) is 4.68. The molecule has 2 heterocycles. The number of aliphatic hydroxyl groups excluding tert-OH is 1. The minimum Gasteiger partial charge on any atom is -0.396 e. The van der Waals surface area contributed by atoms with E-state index in [9.17, 15) is 10.5 Å². The van der Waals surface area contributed by atoms with E-state index in [1.165, 1.54) is 12.8 Å². The van der Waals surface area contributed by atoms with Crippen LogP contribution in [0.4, 0.5) is 0 Å². The molecule has 1 N–H and O–H groups in total. The van der Waals surface area contributed by atoms with Crippen LogP contribution in [-0.4, -0.2) is 71.7 Å². The summed E-state index contributed by atoms with van der Waals surface area (Å²) in [6.45, 7) is 7.71. The molecule has 0 aromatic heterocycles. The van der Waals surface area contributed by atoms with Gasteiger partial charge in [-0.25, -0.2) is 0 Å². The molecule has 2 fully saturated rings. The Bertz CT molecular complexity index is 474. The first kappa shape index (κ1) is 16.6. The lowest BCUT2D eigenvalue weighted by Crippen LogP contribution is -2.36. The predicted octanol–water partition coefficient (Wildman–Crippen LogP) is 0.729. The van der Waals surface area contributed by atoms with Gasteiger partial charge in [0.15, 0.2) is 5.57 Å². The average molecular weight is 303 g/mol. The fourth-order valence-corrected chi connectivity index (χ4v) is 3.37. The first-order chi connectivity index (χ1) is 10.7. The number of nitriles is 2. The molecule has 22 heavy (non-hydrogen) atoms. The van der Waals surface area contributed by atoms with Gasteiger partial charge in [-0.2, -0.15) is 10.5 Å². The maximum absolute atomic E-state index is 9.23. The van der Waals surface area contributed by atoms with Crippen molar-refractivity contribution in [1.29, 1.82) is 10.5 Å². The van der Waals surface area contributed by atoms with Crippen LogP contribution in [0.1, 0.15) is 26.2 Å². The van der Waals surface area contributed by atoms with Crippen LogP contribution in [0.3, 0.4) is 0 Å². The fraction of sp³-hybridized carbons (Fsp3) is 0.750. The molecule has 0 aromatic carbocycles. The number of aliphatic hydroxyl groups is 1. The van der Waals surface area contributed by atoms with Gasteiger partial charge in [0.1, 0.15) is 18.0 Å². The highest BCUT2D eigenvalue weighted by Gasteiger charge is 2.29. The summed E-state index contributed by atoms with van der Waals surface area (Å²) >= 11 is 0. The van der Waals surface area contributed by atoms with Crippen molar-refractivity contribution in [2.45, 2.75) is 32.2 Å². The Morgan fingerprint density at radius 1 is 1.14 bits per heavy atom. The summed E-state index contributed by atoms with van der Waals surface area (Å²) in [5, 5.41) is 27.5. The van der Waals surface area contributed by atoms with Crippen LogP contribution < -0.4 is 0 Å². The van der Waals surface area contributed by atoms with Gasteiger partial charge in [-0.1, -0.05) is 0 Å². The van der Waals surface area contributed by atoms with Crippen LogP contribution in [-0.2, 0) is 0 Å². The standard InChI is InChI=1S/C16H25N5O/c1-14-4-2-5-19(14)7-8-21-10-9-20(6-3-11-22)16(21)15(12-17)13-18/h14,22H,2-11H2,1H3. The molecule has 0 aliphatic carbocycles. The average Bonchev–Trinajstić information content (AvgIpc) is 3.11. The second-order valence-corrected chi connectivity index (χ2v) is 6.00. The lowest BCUT2D eigenvalue weighted by molar-refractivity contribution is 0.224. The number of allylic oxidation sites excluding steroid dienone is 1. The van der Waals surface area contributed by atoms with Gasteiger partial charge in [-0.15, -0.1) is 0 Å². The van der Waals surface area contributed by atoms with Crippen molar-refractivity contribution in [1.82, 2.24) is 14.7 Å². The van der Waals surface area contributed by atoms with Gasteiger partial charge in [0.2, 0.25) is 0 Å². The minimum atomic E-state index is 0.128. The van der Waals surface area contributed by atoms with E-state index in [1.807, 2.05) is 12.1 Å². The molecular formula is C16H25N5O.